The Morgan fingerprint density at radius 3 is 2.38 bits per heavy atom. The van der Waals surface area contributed by atoms with E-state index < -0.39 is 0 Å². The second-order valence-electron chi connectivity index (χ2n) is 9.54. The summed E-state index contributed by atoms with van der Waals surface area (Å²) in [6, 6.07) is 7.71. The SMILES string of the molecule is CCN1CCC2(CN(Cc3cccnc3)CC23CCN(C(=O)c2cccnc2)CC3)C1=O. The lowest BCUT2D eigenvalue weighted by atomic mass is 9.60. The predicted octanol–water partition coefficient (Wildman–Crippen LogP) is 2.45. The second-order valence-corrected chi connectivity index (χ2v) is 9.54. The molecule has 32 heavy (non-hydrogen) atoms. The third-order valence-corrected chi connectivity index (χ3v) is 7.97. The number of amides is 2. The Kier molecular flexibility index (Phi) is 5.45. The molecule has 2 amide bonds. The van der Waals surface area contributed by atoms with Crippen molar-refractivity contribution >= 4 is 11.8 Å². The highest BCUT2D eigenvalue weighted by Gasteiger charge is 2.64. The number of nitrogens with zero attached hydrogens (tertiary/aromatic N) is 5. The van der Waals surface area contributed by atoms with Gasteiger partial charge < -0.3 is 9.80 Å². The summed E-state index contributed by atoms with van der Waals surface area (Å²) in [5.41, 5.74) is 1.40. The van der Waals surface area contributed by atoms with Crippen molar-refractivity contribution in [3.63, 3.8) is 0 Å². The van der Waals surface area contributed by atoms with E-state index in [0.717, 1.165) is 52.0 Å². The fraction of sp³-hybridized carbons (Fsp3) is 0.520. The Bertz CT molecular complexity index is 974. The molecule has 3 aliphatic rings. The third-order valence-electron chi connectivity index (χ3n) is 7.97. The minimum atomic E-state index is -0.339. The first-order valence-corrected chi connectivity index (χ1v) is 11.7. The monoisotopic (exact) mass is 433 g/mol. The molecule has 7 heteroatoms. The van der Waals surface area contributed by atoms with E-state index in [1.165, 1.54) is 5.56 Å². The predicted molar refractivity (Wildman–Crippen MR) is 121 cm³/mol. The van der Waals surface area contributed by atoms with Gasteiger partial charge in [0.05, 0.1) is 11.0 Å². The summed E-state index contributed by atoms with van der Waals surface area (Å²) in [6.07, 6.45) is 9.69. The number of rotatable bonds is 4. The molecule has 0 N–H and O–H groups in total. The first-order chi connectivity index (χ1) is 15.6. The lowest BCUT2D eigenvalue weighted by Crippen LogP contribution is -2.53. The van der Waals surface area contributed by atoms with E-state index in [4.69, 9.17) is 0 Å². The quantitative estimate of drug-likeness (QED) is 0.741. The summed E-state index contributed by atoms with van der Waals surface area (Å²) in [5.74, 6) is 0.362. The molecule has 0 aromatic carbocycles. The van der Waals surface area contributed by atoms with Gasteiger partial charge in [0.1, 0.15) is 0 Å². The summed E-state index contributed by atoms with van der Waals surface area (Å²) in [7, 11) is 0. The Morgan fingerprint density at radius 2 is 1.75 bits per heavy atom. The number of pyridine rings is 2. The molecular formula is C25H31N5O2. The topological polar surface area (TPSA) is 69.6 Å². The number of aromatic nitrogens is 2. The van der Waals surface area contributed by atoms with Gasteiger partial charge in [0, 0.05) is 76.0 Å². The number of carbonyl (C=O) groups excluding carboxylic acids is 2. The van der Waals surface area contributed by atoms with Crippen LogP contribution >= 0.6 is 0 Å². The van der Waals surface area contributed by atoms with E-state index in [9.17, 15) is 9.59 Å². The van der Waals surface area contributed by atoms with E-state index >= 15 is 0 Å². The number of carbonyl (C=O) groups is 2. The maximum absolute atomic E-state index is 13.7. The van der Waals surface area contributed by atoms with Crippen LogP contribution < -0.4 is 0 Å². The highest BCUT2D eigenvalue weighted by Crippen LogP contribution is 2.58. The second kappa shape index (κ2) is 8.28. The molecule has 2 spiro atoms. The van der Waals surface area contributed by atoms with Crippen LogP contribution in [0.2, 0.25) is 0 Å². The standard InChI is InChI=1S/C25H31N5O2/c1-2-29-14-9-25(23(29)32)19-28(17-20-5-3-10-26-15-20)18-24(25)7-12-30(13-8-24)22(31)21-6-4-11-27-16-21/h3-6,10-11,15-16H,2,7-9,12-14,17-19H2,1H3. The van der Waals surface area contributed by atoms with Crippen LogP contribution in [-0.2, 0) is 11.3 Å². The van der Waals surface area contributed by atoms with Gasteiger partial charge in [-0.25, -0.2) is 0 Å². The van der Waals surface area contributed by atoms with Crippen LogP contribution in [0.1, 0.15) is 42.1 Å². The van der Waals surface area contributed by atoms with Crippen molar-refractivity contribution in [2.45, 2.75) is 32.7 Å². The van der Waals surface area contributed by atoms with Crippen molar-refractivity contribution in [1.82, 2.24) is 24.7 Å². The van der Waals surface area contributed by atoms with Crippen molar-refractivity contribution in [2.75, 3.05) is 39.3 Å². The summed E-state index contributed by atoms with van der Waals surface area (Å²) >= 11 is 0. The number of hydrogen-bond acceptors (Lipinski definition) is 5. The van der Waals surface area contributed by atoms with Crippen LogP contribution in [-0.4, -0.2) is 75.8 Å². The maximum Gasteiger partial charge on any atom is 0.255 e. The van der Waals surface area contributed by atoms with Gasteiger partial charge in [-0.15, -0.1) is 0 Å². The average Bonchev–Trinajstić information content (AvgIpc) is 3.32. The summed E-state index contributed by atoms with van der Waals surface area (Å²) in [4.78, 5) is 41.4. The van der Waals surface area contributed by atoms with Crippen LogP contribution in [0.3, 0.4) is 0 Å². The van der Waals surface area contributed by atoms with Gasteiger partial charge in [0.2, 0.25) is 5.91 Å². The zero-order valence-electron chi connectivity index (χ0n) is 18.7. The van der Waals surface area contributed by atoms with E-state index in [1.54, 1.807) is 24.7 Å². The van der Waals surface area contributed by atoms with Gasteiger partial charge in [0.25, 0.3) is 5.91 Å². The van der Waals surface area contributed by atoms with Gasteiger partial charge in [0.15, 0.2) is 0 Å². The van der Waals surface area contributed by atoms with Crippen LogP contribution in [0.25, 0.3) is 0 Å². The molecule has 5 rings (SSSR count). The average molecular weight is 434 g/mol. The van der Waals surface area contributed by atoms with Crippen molar-refractivity contribution in [1.29, 1.82) is 0 Å². The number of likely N-dealkylation sites (tertiary alicyclic amines) is 3. The van der Waals surface area contributed by atoms with Crippen molar-refractivity contribution < 1.29 is 9.59 Å². The van der Waals surface area contributed by atoms with Gasteiger partial charge >= 0.3 is 0 Å². The molecule has 2 aromatic rings. The lowest BCUT2D eigenvalue weighted by molar-refractivity contribution is -0.141. The lowest BCUT2D eigenvalue weighted by Gasteiger charge is -2.47. The molecule has 5 heterocycles. The molecule has 0 aliphatic carbocycles. The van der Waals surface area contributed by atoms with Gasteiger partial charge in [-0.05, 0) is 49.9 Å². The molecule has 1 atom stereocenters. The van der Waals surface area contributed by atoms with E-state index in [-0.39, 0.29) is 16.7 Å². The number of piperidine rings is 1. The van der Waals surface area contributed by atoms with Crippen molar-refractivity contribution in [3.05, 3.63) is 60.2 Å². The van der Waals surface area contributed by atoms with Crippen LogP contribution in [0.4, 0.5) is 0 Å². The Labute approximate surface area is 189 Å². The number of hydrogen-bond donors (Lipinski definition) is 0. The molecule has 2 aromatic heterocycles. The largest absolute Gasteiger partial charge is 0.342 e. The summed E-state index contributed by atoms with van der Waals surface area (Å²) < 4.78 is 0. The Morgan fingerprint density at radius 1 is 1.00 bits per heavy atom. The summed E-state index contributed by atoms with van der Waals surface area (Å²) in [5, 5.41) is 0. The fourth-order valence-corrected chi connectivity index (χ4v) is 6.27. The molecule has 0 bridgehead atoms. The van der Waals surface area contributed by atoms with E-state index in [1.807, 2.05) is 28.1 Å². The highest BCUT2D eigenvalue weighted by atomic mass is 16.2. The molecular weight excluding hydrogens is 402 g/mol. The van der Waals surface area contributed by atoms with Gasteiger partial charge in [-0.3, -0.25) is 24.5 Å². The van der Waals surface area contributed by atoms with Crippen LogP contribution in [0.15, 0.2) is 49.1 Å². The Hall–Kier alpha value is -2.80. The molecule has 3 fully saturated rings. The molecule has 3 aliphatic heterocycles. The number of fused-ring (bicyclic) bond motifs is 1. The Balaban J connectivity index is 1.38. The zero-order valence-corrected chi connectivity index (χ0v) is 18.7. The molecule has 3 saturated heterocycles. The van der Waals surface area contributed by atoms with Gasteiger partial charge in [-0.2, -0.15) is 0 Å². The van der Waals surface area contributed by atoms with E-state index in [2.05, 4.69) is 27.9 Å². The minimum absolute atomic E-state index is 0.0418. The molecule has 0 radical (unpaired) electrons. The zero-order chi connectivity index (χ0) is 22.2. The van der Waals surface area contributed by atoms with Crippen molar-refractivity contribution in [2.24, 2.45) is 10.8 Å². The maximum atomic E-state index is 13.7. The summed E-state index contributed by atoms with van der Waals surface area (Å²) in [6.45, 7) is 7.58. The minimum Gasteiger partial charge on any atom is -0.342 e. The molecule has 1 unspecified atom stereocenters. The molecule has 0 saturated carbocycles. The molecule has 7 nitrogen and oxygen atoms in total. The van der Waals surface area contributed by atoms with Gasteiger partial charge in [-0.1, -0.05) is 6.07 Å². The smallest absolute Gasteiger partial charge is 0.255 e. The fourth-order valence-electron chi connectivity index (χ4n) is 6.27. The van der Waals surface area contributed by atoms with Crippen LogP contribution in [0.5, 0.6) is 0 Å². The highest BCUT2D eigenvalue weighted by molar-refractivity contribution is 5.94. The van der Waals surface area contributed by atoms with Crippen molar-refractivity contribution in [3.8, 4) is 0 Å². The first-order valence-electron chi connectivity index (χ1n) is 11.7. The van der Waals surface area contributed by atoms with E-state index in [0.29, 0.717) is 24.6 Å². The molecule has 168 valence electrons. The third kappa shape index (κ3) is 3.39. The normalized spacial score (nSPS) is 25.2. The first kappa shape index (κ1) is 21.1. The van der Waals surface area contributed by atoms with Crippen LogP contribution in [0, 0.1) is 10.8 Å².